The molecule has 1 heterocycles. The molecule has 0 aromatic carbocycles. The van der Waals surface area contributed by atoms with Crippen molar-refractivity contribution >= 4 is 29.9 Å². The summed E-state index contributed by atoms with van der Waals surface area (Å²) in [6.07, 6.45) is 2.07. The van der Waals surface area contributed by atoms with Gasteiger partial charge in [0.15, 0.2) is 5.96 Å². The molecule has 1 aliphatic heterocycles. The fraction of sp³-hybridized carbons (Fsp3) is 0.933. The molecule has 7 heteroatoms. The molecule has 2 N–H and O–H groups in total. The van der Waals surface area contributed by atoms with Crippen LogP contribution in [0, 0.1) is 0 Å². The van der Waals surface area contributed by atoms with Crippen molar-refractivity contribution in [1.82, 2.24) is 15.5 Å². The zero-order valence-corrected chi connectivity index (χ0v) is 17.2. The van der Waals surface area contributed by atoms with Crippen molar-refractivity contribution in [2.75, 3.05) is 54.6 Å². The van der Waals surface area contributed by atoms with E-state index >= 15 is 0 Å². The lowest BCUT2D eigenvalue weighted by atomic mass is 9.88. The van der Waals surface area contributed by atoms with Gasteiger partial charge in [-0.15, -0.1) is 24.0 Å². The van der Waals surface area contributed by atoms with Gasteiger partial charge in [-0.1, -0.05) is 0 Å². The molecule has 0 amide bonds. The van der Waals surface area contributed by atoms with Crippen molar-refractivity contribution in [1.29, 1.82) is 0 Å². The summed E-state index contributed by atoms with van der Waals surface area (Å²) in [4.78, 5) is 6.59. The molecular formula is C15H33IN4O2. The lowest BCUT2D eigenvalue weighted by Crippen LogP contribution is -2.57. The van der Waals surface area contributed by atoms with Gasteiger partial charge < -0.3 is 25.0 Å². The van der Waals surface area contributed by atoms with E-state index in [0.29, 0.717) is 6.54 Å². The first-order valence-electron chi connectivity index (χ1n) is 7.60. The number of methoxy groups -OCH3 is 1. The van der Waals surface area contributed by atoms with Gasteiger partial charge in [-0.2, -0.15) is 0 Å². The highest BCUT2D eigenvalue weighted by Crippen LogP contribution is 2.24. The fourth-order valence-corrected chi connectivity index (χ4v) is 2.37. The summed E-state index contributed by atoms with van der Waals surface area (Å²) in [7, 11) is 7.79. The Kier molecular flexibility index (Phi) is 9.84. The molecule has 0 unspecified atom stereocenters. The smallest absolute Gasteiger partial charge is 0.191 e. The van der Waals surface area contributed by atoms with Crippen LogP contribution in [0.1, 0.15) is 26.7 Å². The third kappa shape index (κ3) is 6.55. The summed E-state index contributed by atoms with van der Waals surface area (Å²) in [5.41, 5.74) is -0.0812. The van der Waals surface area contributed by atoms with E-state index in [9.17, 15) is 0 Å². The SMILES string of the molecule is CN=C(NCC(C)(C)OC)NCC1(N(C)C)CCOCC1.I. The highest BCUT2D eigenvalue weighted by Gasteiger charge is 2.34. The van der Waals surface area contributed by atoms with Crippen LogP contribution in [0.15, 0.2) is 4.99 Å². The Balaban J connectivity index is 0.00000441. The van der Waals surface area contributed by atoms with Crippen molar-refractivity contribution in [3.63, 3.8) is 0 Å². The summed E-state index contributed by atoms with van der Waals surface area (Å²) in [6.45, 7) is 7.31. The minimum atomic E-state index is -0.213. The van der Waals surface area contributed by atoms with Gasteiger partial charge in [-0.05, 0) is 40.8 Å². The largest absolute Gasteiger partial charge is 0.381 e. The Hall–Kier alpha value is -0.120. The van der Waals surface area contributed by atoms with Gasteiger partial charge in [-0.25, -0.2) is 0 Å². The maximum absolute atomic E-state index is 5.50. The molecule has 0 spiro atoms. The summed E-state index contributed by atoms with van der Waals surface area (Å²) in [5.74, 6) is 0.813. The molecule has 1 saturated heterocycles. The summed E-state index contributed by atoms with van der Waals surface area (Å²) in [5, 5.41) is 6.76. The van der Waals surface area contributed by atoms with Crippen LogP contribution in [-0.4, -0.2) is 76.6 Å². The highest BCUT2D eigenvalue weighted by atomic mass is 127. The second kappa shape index (κ2) is 9.89. The monoisotopic (exact) mass is 428 g/mol. The van der Waals surface area contributed by atoms with Crippen molar-refractivity contribution in [3.05, 3.63) is 0 Å². The Morgan fingerprint density at radius 1 is 1.27 bits per heavy atom. The molecular weight excluding hydrogens is 395 g/mol. The zero-order valence-electron chi connectivity index (χ0n) is 14.9. The first-order chi connectivity index (χ1) is 9.85. The molecule has 1 rings (SSSR count). The topological polar surface area (TPSA) is 58.1 Å². The number of hydrogen-bond donors (Lipinski definition) is 2. The summed E-state index contributed by atoms with van der Waals surface area (Å²) >= 11 is 0. The molecule has 0 aromatic rings. The van der Waals surface area contributed by atoms with Gasteiger partial charge in [0.2, 0.25) is 0 Å². The predicted molar refractivity (Wildman–Crippen MR) is 102 cm³/mol. The number of guanidine groups is 1. The van der Waals surface area contributed by atoms with Crippen molar-refractivity contribution in [2.24, 2.45) is 4.99 Å². The van der Waals surface area contributed by atoms with E-state index in [0.717, 1.165) is 38.6 Å². The molecule has 0 saturated carbocycles. The number of ether oxygens (including phenoxy) is 2. The average Bonchev–Trinajstić information content (AvgIpc) is 2.48. The molecule has 132 valence electrons. The third-order valence-corrected chi connectivity index (χ3v) is 4.41. The van der Waals surface area contributed by atoms with Crippen LogP contribution in [-0.2, 0) is 9.47 Å². The number of halogens is 1. The maximum atomic E-state index is 5.50. The normalized spacial score (nSPS) is 18.8. The minimum absolute atomic E-state index is 0. The molecule has 6 nitrogen and oxygen atoms in total. The number of likely N-dealkylation sites (N-methyl/N-ethyl adjacent to an activating group) is 1. The van der Waals surface area contributed by atoms with Gasteiger partial charge in [0.1, 0.15) is 0 Å². The highest BCUT2D eigenvalue weighted by molar-refractivity contribution is 14.0. The number of hydrogen-bond acceptors (Lipinski definition) is 4. The Labute approximate surface area is 152 Å². The Bertz CT molecular complexity index is 342. The van der Waals surface area contributed by atoms with E-state index in [4.69, 9.17) is 9.47 Å². The minimum Gasteiger partial charge on any atom is -0.381 e. The van der Waals surface area contributed by atoms with E-state index in [1.165, 1.54) is 0 Å². The number of nitrogens with one attached hydrogen (secondary N) is 2. The second-order valence-electron chi connectivity index (χ2n) is 6.47. The van der Waals surface area contributed by atoms with Crippen molar-refractivity contribution in [3.8, 4) is 0 Å². The number of aliphatic imine (C=N–C) groups is 1. The van der Waals surface area contributed by atoms with Crippen LogP contribution >= 0.6 is 24.0 Å². The van der Waals surface area contributed by atoms with Gasteiger partial charge in [0.25, 0.3) is 0 Å². The second-order valence-corrected chi connectivity index (χ2v) is 6.47. The van der Waals surface area contributed by atoms with Gasteiger partial charge >= 0.3 is 0 Å². The molecule has 1 fully saturated rings. The molecule has 22 heavy (non-hydrogen) atoms. The average molecular weight is 428 g/mol. The fourth-order valence-electron chi connectivity index (χ4n) is 2.37. The quantitative estimate of drug-likeness (QED) is 0.380. The van der Waals surface area contributed by atoms with Crippen LogP contribution in [0.5, 0.6) is 0 Å². The molecule has 0 aliphatic carbocycles. The first-order valence-corrected chi connectivity index (χ1v) is 7.60. The third-order valence-electron chi connectivity index (χ3n) is 4.41. The van der Waals surface area contributed by atoms with E-state index in [1.807, 2.05) is 13.8 Å². The molecule has 0 atom stereocenters. The molecule has 0 bridgehead atoms. The van der Waals surface area contributed by atoms with Crippen LogP contribution in [0.3, 0.4) is 0 Å². The van der Waals surface area contributed by atoms with Crippen molar-refractivity contribution < 1.29 is 9.47 Å². The van der Waals surface area contributed by atoms with E-state index in [-0.39, 0.29) is 35.1 Å². The van der Waals surface area contributed by atoms with Crippen LogP contribution in [0.4, 0.5) is 0 Å². The number of rotatable bonds is 6. The molecule has 0 radical (unpaired) electrons. The lowest BCUT2D eigenvalue weighted by Gasteiger charge is -2.43. The van der Waals surface area contributed by atoms with Crippen LogP contribution < -0.4 is 10.6 Å². The van der Waals surface area contributed by atoms with E-state index < -0.39 is 0 Å². The van der Waals surface area contributed by atoms with Crippen LogP contribution in [0.25, 0.3) is 0 Å². The van der Waals surface area contributed by atoms with Crippen LogP contribution in [0.2, 0.25) is 0 Å². The van der Waals surface area contributed by atoms with Crippen molar-refractivity contribution in [2.45, 2.75) is 37.8 Å². The number of nitrogens with zero attached hydrogens (tertiary/aromatic N) is 2. The maximum Gasteiger partial charge on any atom is 0.191 e. The van der Waals surface area contributed by atoms with E-state index in [1.54, 1.807) is 14.2 Å². The van der Waals surface area contributed by atoms with Gasteiger partial charge in [-0.3, -0.25) is 4.99 Å². The zero-order chi connectivity index (χ0) is 15.9. The lowest BCUT2D eigenvalue weighted by molar-refractivity contribution is -0.00513. The standard InChI is InChI=1S/C15H32N4O2.HI/c1-14(2,20-6)11-17-13(16-3)18-12-15(19(4)5)7-9-21-10-8-15;/h7-12H2,1-6H3,(H2,16,17,18);1H. The van der Waals surface area contributed by atoms with E-state index in [2.05, 4.69) is 34.6 Å². The van der Waals surface area contributed by atoms with Gasteiger partial charge in [0.05, 0.1) is 5.60 Å². The molecule has 1 aliphatic rings. The first kappa shape index (κ1) is 21.9. The summed E-state index contributed by atoms with van der Waals surface area (Å²) in [6, 6.07) is 0. The van der Waals surface area contributed by atoms with Gasteiger partial charge in [0, 0.05) is 46.0 Å². The Morgan fingerprint density at radius 3 is 2.32 bits per heavy atom. The molecule has 0 aromatic heterocycles. The Morgan fingerprint density at radius 2 is 1.86 bits per heavy atom. The summed E-state index contributed by atoms with van der Waals surface area (Å²) < 4.78 is 10.9. The predicted octanol–water partition coefficient (Wildman–Crippen LogP) is 1.31.